The quantitative estimate of drug-likeness (QED) is 0.593. The van der Waals surface area contributed by atoms with E-state index in [9.17, 15) is 24.3 Å². The van der Waals surface area contributed by atoms with Crippen molar-refractivity contribution in [3.8, 4) is 5.69 Å². The van der Waals surface area contributed by atoms with Crippen molar-refractivity contribution < 1.29 is 19.5 Å². The number of nitrogens with zero attached hydrogens (tertiary/aromatic N) is 2. The maximum Gasteiger partial charge on any atom is 0.255 e. The molecule has 2 atom stereocenters. The third-order valence-corrected chi connectivity index (χ3v) is 5.52. The molecule has 2 heterocycles. The number of aromatic nitrogens is 1. The number of pyridine rings is 1. The van der Waals surface area contributed by atoms with Crippen LogP contribution in [0.5, 0.6) is 0 Å². The van der Waals surface area contributed by atoms with Crippen LogP contribution in [0.1, 0.15) is 30.6 Å². The van der Waals surface area contributed by atoms with Crippen LogP contribution in [0.15, 0.2) is 53.5 Å². The summed E-state index contributed by atoms with van der Waals surface area (Å²) < 4.78 is 1.45. The van der Waals surface area contributed by atoms with Crippen LogP contribution in [0.3, 0.4) is 0 Å². The van der Waals surface area contributed by atoms with Crippen molar-refractivity contribution in [2.45, 2.75) is 32.4 Å². The van der Waals surface area contributed by atoms with Gasteiger partial charge in [-0.25, -0.2) is 0 Å². The van der Waals surface area contributed by atoms with Gasteiger partial charge in [0.15, 0.2) is 0 Å². The lowest BCUT2D eigenvalue weighted by Crippen LogP contribution is -2.64. The van der Waals surface area contributed by atoms with Crippen molar-refractivity contribution in [2.24, 2.45) is 11.1 Å². The van der Waals surface area contributed by atoms with E-state index in [0.717, 1.165) is 0 Å². The average Bonchev–Trinajstić information content (AvgIpc) is 2.78. The first-order chi connectivity index (χ1) is 15.2. The van der Waals surface area contributed by atoms with Crippen LogP contribution >= 0.6 is 0 Å². The maximum absolute atomic E-state index is 12.9. The van der Waals surface area contributed by atoms with E-state index in [2.05, 4.69) is 5.32 Å². The number of hydrogen-bond donors (Lipinski definition) is 3. The number of carbonyl (C=O) groups excluding carboxylic acids is 3. The molecule has 1 aliphatic heterocycles. The second kappa shape index (κ2) is 9.35. The fourth-order valence-corrected chi connectivity index (χ4v) is 3.66. The van der Waals surface area contributed by atoms with Gasteiger partial charge in [-0.1, -0.05) is 6.07 Å². The van der Waals surface area contributed by atoms with E-state index in [4.69, 9.17) is 5.73 Å². The van der Waals surface area contributed by atoms with Gasteiger partial charge >= 0.3 is 0 Å². The molecule has 9 nitrogen and oxygen atoms in total. The molecule has 0 spiro atoms. The number of primary amides is 1. The minimum absolute atomic E-state index is 0.193. The van der Waals surface area contributed by atoms with Crippen LogP contribution in [0.25, 0.3) is 5.69 Å². The Morgan fingerprint density at radius 2 is 1.84 bits per heavy atom. The molecule has 9 heteroatoms. The summed E-state index contributed by atoms with van der Waals surface area (Å²) in [6.45, 7) is 3.05. The van der Waals surface area contributed by atoms with Crippen LogP contribution in [0.2, 0.25) is 0 Å². The van der Waals surface area contributed by atoms with E-state index >= 15 is 0 Å². The van der Waals surface area contributed by atoms with Crippen LogP contribution in [0.4, 0.5) is 0 Å². The number of piperidine rings is 1. The summed E-state index contributed by atoms with van der Waals surface area (Å²) in [5.74, 6) is -1.60. The van der Waals surface area contributed by atoms with E-state index in [0.29, 0.717) is 17.7 Å². The fraction of sp³-hybridized carbons (Fsp3) is 0.348. The van der Waals surface area contributed by atoms with Crippen molar-refractivity contribution in [3.63, 3.8) is 0 Å². The molecule has 1 fully saturated rings. The van der Waals surface area contributed by atoms with Crippen molar-refractivity contribution >= 4 is 17.7 Å². The van der Waals surface area contributed by atoms with Gasteiger partial charge in [0, 0.05) is 30.1 Å². The summed E-state index contributed by atoms with van der Waals surface area (Å²) in [6, 6.07) is 9.42. The lowest BCUT2D eigenvalue weighted by atomic mass is 9.88. The van der Waals surface area contributed by atoms with E-state index in [1.807, 2.05) is 0 Å². The highest BCUT2D eigenvalue weighted by molar-refractivity contribution is 5.96. The zero-order chi connectivity index (χ0) is 23.5. The van der Waals surface area contributed by atoms with E-state index < -0.39 is 35.2 Å². The lowest BCUT2D eigenvalue weighted by Gasteiger charge is -2.42. The zero-order valence-electron chi connectivity index (χ0n) is 18.0. The Hall–Kier alpha value is -3.46. The van der Waals surface area contributed by atoms with Gasteiger partial charge in [0.05, 0.1) is 18.1 Å². The fourth-order valence-electron chi connectivity index (χ4n) is 3.66. The van der Waals surface area contributed by atoms with E-state index in [-0.39, 0.29) is 18.7 Å². The Morgan fingerprint density at radius 3 is 2.44 bits per heavy atom. The lowest BCUT2D eigenvalue weighted by molar-refractivity contribution is -0.150. The highest BCUT2D eigenvalue weighted by Gasteiger charge is 2.43. The van der Waals surface area contributed by atoms with Gasteiger partial charge in [-0.05, 0) is 57.0 Å². The molecule has 3 amide bonds. The predicted octanol–water partition coefficient (Wildman–Crippen LogP) is 0.245. The van der Waals surface area contributed by atoms with Crippen molar-refractivity contribution in [1.82, 2.24) is 14.8 Å². The molecule has 32 heavy (non-hydrogen) atoms. The van der Waals surface area contributed by atoms with Crippen molar-refractivity contribution in [1.29, 1.82) is 0 Å². The second-order valence-corrected chi connectivity index (χ2v) is 8.37. The first kappa shape index (κ1) is 23.2. The number of amides is 3. The Bertz CT molecular complexity index is 1060. The number of carbonyl (C=O) groups is 3. The molecule has 1 aliphatic rings. The average molecular weight is 439 g/mol. The largest absolute Gasteiger partial charge is 0.395 e. The van der Waals surface area contributed by atoms with E-state index in [1.165, 1.54) is 15.5 Å². The predicted molar refractivity (Wildman–Crippen MR) is 118 cm³/mol. The highest BCUT2D eigenvalue weighted by Crippen LogP contribution is 2.25. The topological polar surface area (TPSA) is 135 Å². The minimum Gasteiger partial charge on any atom is -0.395 e. The molecule has 1 aromatic heterocycles. The molecular formula is C23H27N4O5. The first-order valence-electron chi connectivity index (χ1n) is 10.3. The number of nitrogens with one attached hydrogen (secondary N) is 1. The molecule has 0 bridgehead atoms. The van der Waals surface area contributed by atoms with Gasteiger partial charge in [0.2, 0.25) is 11.8 Å². The summed E-state index contributed by atoms with van der Waals surface area (Å²) in [4.78, 5) is 51.2. The molecule has 3 rings (SSSR count). The molecule has 1 radical (unpaired) electrons. The Labute approximate surface area is 185 Å². The van der Waals surface area contributed by atoms with Gasteiger partial charge in [0.1, 0.15) is 6.04 Å². The Balaban J connectivity index is 1.78. The van der Waals surface area contributed by atoms with Crippen molar-refractivity contribution in [2.75, 3.05) is 13.2 Å². The second-order valence-electron chi connectivity index (χ2n) is 8.37. The summed E-state index contributed by atoms with van der Waals surface area (Å²) in [6.07, 6.45) is 3.84. The molecular weight excluding hydrogens is 412 g/mol. The Morgan fingerprint density at radius 1 is 1.16 bits per heavy atom. The van der Waals surface area contributed by atoms with Crippen LogP contribution in [-0.2, 0) is 9.59 Å². The molecule has 1 aromatic carbocycles. The minimum atomic E-state index is -1.08. The molecule has 0 aliphatic carbocycles. The third kappa shape index (κ3) is 4.72. The number of aliphatic hydroxyl groups excluding tert-OH is 1. The van der Waals surface area contributed by atoms with Crippen molar-refractivity contribution in [3.05, 3.63) is 71.0 Å². The van der Waals surface area contributed by atoms with Gasteiger partial charge in [-0.2, -0.15) is 0 Å². The molecule has 169 valence electrons. The Kier molecular flexibility index (Phi) is 6.78. The number of rotatable bonds is 6. The smallest absolute Gasteiger partial charge is 0.255 e. The molecule has 1 saturated heterocycles. The number of benzene rings is 1. The number of nitrogens with two attached hydrogens (primary N) is 1. The summed E-state index contributed by atoms with van der Waals surface area (Å²) in [7, 11) is 0. The van der Waals surface area contributed by atoms with E-state index in [1.54, 1.807) is 62.9 Å². The summed E-state index contributed by atoms with van der Waals surface area (Å²) in [5.41, 5.74) is 5.25. The molecule has 4 N–H and O–H groups in total. The normalized spacial score (nSPS) is 18.8. The number of hydrogen-bond acceptors (Lipinski definition) is 5. The third-order valence-electron chi connectivity index (χ3n) is 5.52. The van der Waals surface area contributed by atoms with Crippen LogP contribution in [0, 0.1) is 11.8 Å². The van der Waals surface area contributed by atoms with Gasteiger partial charge in [0.25, 0.3) is 11.5 Å². The molecule has 0 saturated carbocycles. The van der Waals surface area contributed by atoms with Gasteiger partial charge in [-0.15, -0.1) is 0 Å². The van der Waals surface area contributed by atoms with Crippen LogP contribution < -0.4 is 16.6 Å². The highest BCUT2D eigenvalue weighted by atomic mass is 16.3. The molecule has 2 aromatic rings. The standard InChI is InChI=1S/C23H27N4O5/c1-23(2,14-28)22(32)27-13-5-6-17(19(27)20(24)30)25-21(31)15-8-10-16(11-9-15)26-12-4-3-7-18(26)29/h3-4,6-12,17,19,28H,5,13-14H2,1-2H3,(H2,24,30)(H,25,31). The van der Waals surface area contributed by atoms with Crippen LogP contribution in [-0.4, -0.2) is 57.5 Å². The maximum atomic E-state index is 12.9. The SMILES string of the molecule is CC(C)(CO)C(=O)N1CC[CH]C(NC(=O)c2ccc(-n3ccccc3=O)cc2)C1C(N)=O. The molecule has 2 unspecified atom stereocenters. The summed E-state index contributed by atoms with van der Waals surface area (Å²) >= 11 is 0. The monoisotopic (exact) mass is 439 g/mol. The van der Waals surface area contributed by atoms with Gasteiger partial charge in [-0.3, -0.25) is 23.7 Å². The number of aliphatic hydroxyl groups is 1. The summed E-state index contributed by atoms with van der Waals surface area (Å²) in [5, 5.41) is 12.3. The zero-order valence-corrected chi connectivity index (χ0v) is 18.0. The first-order valence-corrected chi connectivity index (χ1v) is 10.3. The number of likely N-dealkylation sites (tertiary alicyclic amines) is 1. The van der Waals surface area contributed by atoms with Gasteiger partial charge < -0.3 is 21.1 Å².